The highest BCUT2D eigenvalue weighted by Crippen LogP contribution is 2.14. The van der Waals surface area contributed by atoms with Gasteiger partial charge in [-0.3, -0.25) is 9.47 Å². The van der Waals surface area contributed by atoms with Crippen LogP contribution in [0, 0.1) is 19.3 Å². The molecule has 84 valence electrons. The van der Waals surface area contributed by atoms with E-state index in [0.29, 0.717) is 6.54 Å². The van der Waals surface area contributed by atoms with E-state index in [9.17, 15) is 4.79 Å². The van der Waals surface area contributed by atoms with Gasteiger partial charge in [0, 0.05) is 17.9 Å². The highest BCUT2D eigenvalue weighted by Gasteiger charge is 2.27. The topological polar surface area (TPSA) is 54.3 Å². The Morgan fingerprint density at radius 3 is 2.27 bits per heavy atom. The SMILES string of the molecule is Cc1ccc(C)n1NCC(C)(C)C(=O)O. The monoisotopic (exact) mass is 210 g/mol. The van der Waals surface area contributed by atoms with Gasteiger partial charge in [-0.15, -0.1) is 0 Å². The van der Waals surface area contributed by atoms with E-state index in [1.165, 1.54) is 0 Å². The summed E-state index contributed by atoms with van der Waals surface area (Å²) in [5, 5.41) is 8.96. The first kappa shape index (κ1) is 11.6. The Morgan fingerprint density at radius 1 is 1.40 bits per heavy atom. The molecule has 0 atom stereocenters. The molecule has 0 spiro atoms. The molecule has 0 unspecified atom stereocenters. The number of aryl methyl sites for hydroxylation is 2. The van der Waals surface area contributed by atoms with Gasteiger partial charge in [0.15, 0.2) is 0 Å². The standard InChI is InChI=1S/C11H18N2O2/c1-8-5-6-9(2)13(8)12-7-11(3,4)10(14)15/h5-6,12H,7H2,1-4H3,(H,14,15). The fourth-order valence-corrected chi connectivity index (χ4v) is 1.27. The molecule has 0 radical (unpaired) electrons. The maximum absolute atomic E-state index is 10.9. The van der Waals surface area contributed by atoms with Gasteiger partial charge < -0.3 is 10.5 Å². The number of aliphatic carboxylic acids is 1. The largest absolute Gasteiger partial charge is 0.481 e. The van der Waals surface area contributed by atoms with Gasteiger partial charge in [0.05, 0.1) is 5.41 Å². The summed E-state index contributed by atoms with van der Waals surface area (Å²) in [6.45, 7) is 7.77. The number of hydrogen-bond acceptors (Lipinski definition) is 2. The molecule has 0 aliphatic carbocycles. The molecule has 1 aromatic rings. The third-order valence-electron chi connectivity index (χ3n) is 2.53. The van der Waals surface area contributed by atoms with Crippen LogP contribution in [-0.4, -0.2) is 22.3 Å². The Morgan fingerprint density at radius 2 is 1.87 bits per heavy atom. The van der Waals surface area contributed by atoms with Crippen molar-refractivity contribution in [2.24, 2.45) is 5.41 Å². The quantitative estimate of drug-likeness (QED) is 0.796. The lowest BCUT2D eigenvalue weighted by Crippen LogP contribution is -2.35. The first-order valence-electron chi connectivity index (χ1n) is 4.97. The van der Waals surface area contributed by atoms with Crippen LogP contribution in [0.3, 0.4) is 0 Å². The van der Waals surface area contributed by atoms with Crippen molar-refractivity contribution in [2.75, 3.05) is 12.0 Å². The zero-order valence-electron chi connectivity index (χ0n) is 9.66. The summed E-state index contributed by atoms with van der Waals surface area (Å²) >= 11 is 0. The van der Waals surface area contributed by atoms with Crippen LogP contribution in [0.5, 0.6) is 0 Å². The summed E-state index contributed by atoms with van der Waals surface area (Å²) in [4.78, 5) is 10.9. The molecule has 0 amide bonds. The molecule has 0 aromatic carbocycles. The van der Waals surface area contributed by atoms with Crippen LogP contribution in [0.2, 0.25) is 0 Å². The highest BCUT2D eigenvalue weighted by atomic mass is 16.4. The van der Waals surface area contributed by atoms with Crippen LogP contribution >= 0.6 is 0 Å². The summed E-state index contributed by atoms with van der Waals surface area (Å²) < 4.78 is 1.91. The van der Waals surface area contributed by atoms with Crippen molar-refractivity contribution in [3.05, 3.63) is 23.5 Å². The van der Waals surface area contributed by atoms with E-state index in [2.05, 4.69) is 5.43 Å². The molecule has 1 rings (SSSR count). The van der Waals surface area contributed by atoms with E-state index in [1.807, 2.05) is 30.7 Å². The number of carboxylic acid groups (broad SMARTS) is 1. The van der Waals surface area contributed by atoms with Gasteiger partial charge >= 0.3 is 5.97 Å². The molecule has 0 fully saturated rings. The molecular formula is C11H18N2O2. The fourth-order valence-electron chi connectivity index (χ4n) is 1.27. The van der Waals surface area contributed by atoms with Gasteiger partial charge in [-0.1, -0.05) is 0 Å². The van der Waals surface area contributed by atoms with Crippen molar-refractivity contribution in [2.45, 2.75) is 27.7 Å². The molecule has 2 N–H and O–H groups in total. The zero-order chi connectivity index (χ0) is 11.6. The van der Waals surface area contributed by atoms with Gasteiger partial charge in [0.1, 0.15) is 0 Å². The Labute approximate surface area is 89.9 Å². The Balaban J connectivity index is 2.69. The van der Waals surface area contributed by atoms with E-state index in [1.54, 1.807) is 13.8 Å². The zero-order valence-corrected chi connectivity index (χ0v) is 9.66. The van der Waals surface area contributed by atoms with Crippen LogP contribution in [0.1, 0.15) is 25.2 Å². The van der Waals surface area contributed by atoms with Crippen molar-refractivity contribution in [3.63, 3.8) is 0 Å². The number of aromatic nitrogens is 1. The van der Waals surface area contributed by atoms with Gasteiger partial charge in [-0.05, 0) is 39.8 Å². The minimum Gasteiger partial charge on any atom is -0.481 e. The molecule has 4 nitrogen and oxygen atoms in total. The minimum absolute atomic E-state index is 0.401. The fraction of sp³-hybridized carbons (Fsp3) is 0.545. The molecule has 4 heteroatoms. The summed E-state index contributed by atoms with van der Waals surface area (Å²) in [6.07, 6.45) is 0. The second-order valence-electron chi connectivity index (χ2n) is 4.48. The maximum atomic E-state index is 10.9. The summed E-state index contributed by atoms with van der Waals surface area (Å²) in [5.74, 6) is -0.794. The number of carboxylic acids is 1. The molecular weight excluding hydrogens is 192 g/mol. The van der Waals surface area contributed by atoms with Crippen LogP contribution < -0.4 is 5.43 Å². The number of nitrogens with one attached hydrogen (secondary N) is 1. The molecule has 0 aliphatic rings. The van der Waals surface area contributed by atoms with Crippen LogP contribution in [0.4, 0.5) is 0 Å². The van der Waals surface area contributed by atoms with Gasteiger partial charge in [0.2, 0.25) is 0 Å². The van der Waals surface area contributed by atoms with Crippen molar-refractivity contribution in [3.8, 4) is 0 Å². The number of nitrogens with zero attached hydrogens (tertiary/aromatic N) is 1. The summed E-state index contributed by atoms with van der Waals surface area (Å²) in [5.41, 5.74) is 4.51. The average Bonchev–Trinajstić information content (AvgIpc) is 2.43. The van der Waals surface area contributed by atoms with Crippen molar-refractivity contribution < 1.29 is 9.90 Å². The third-order valence-corrected chi connectivity index (χ3v) is 2.53. The van der Waals surface area contributed by atoms with Gasteiger partial charge in [-0.2, -0.15) is 0 Å². The van der Waals surface area contributed by atoms with E-state index in [4.69, 9.17) is 5.11 Å². The van der Waals surface area contributed by atoms with Crippen LogP contribution in [-0.2, 0) is 4.79 Å². The van der Waals surface area contributed by atoms with Crippen molar-refractivity contribution in [1.82, 2.24) is 4.68 Å². The first-order chi connectivity index (χ1) is 6.84. The van der Waals surface area contributed by atoms with Crippen LogP contribution in [0.15, 0.2) is 12.1 Å². The average molecular weight is 210 g/mol. The second kappa shape index (κ2) is 3.96. The summed E-state index contributed by atoms with van der Waals surface area (Å²) in [7, 11) is 0. The Hall–Kier alpha value is -1.45. The number of hydrogen-bond donors (Lipinski definition) is 2. The molecule has 1 aromatic heterocycles. The highest BCUT2D eigenvalue weighted by molar-refractivity contribution is 5.74. The van der Waals surface area contributed by atoms with Gasteiger partial charge in [-0.25, -0.2) is 0 Å². The maximum Gasteiger partial charge on any atom is 0.310 e. The van der Waals surface area contributed by atoms with E-state index >= 15 is 0 Å². The van der Waals surface area contributed by atoms with E-state index in [-0.39, 0.29) is 0 Å². The lowest BCUT2D eigenvalue weighted by molar-refractivity contribution is -0.146. The summed E-state index contributed by atoms with van der Waals surface area (Å²) in [6, 6.07) is 3.99. The molecule has 0 saturated carbocycles. The van der Waals surface area contributed by atoms with Crippen molar-refractivity contribution >= 4 is 5.97 Å². The normalized spacial score (nSPS) is 11.5. The predicted octanol–water partition coefficient (Wildman–Crippen LogP) is 1.76. The second-order valence-corrected chi connectivity index (χ2v) is 4.48. The predicted molar refractivity (Wildman–Crippen MR) is 59.6 cm³/mol. The Kier molecular flexibility index (Phi) is 3.07. The van der Waals surface area contributed by atoms with Gasteiger partial charge in [0.25, 0.3) is 0 Å². The lowest BCUT2D eigenvalue weighted by atomic mass is 9.94. The molecule has 1 heterocycles. The molecule has 0 bridgehead atoms. The van der Waals surface area contributed by atoms with E-state index < -0.39 is 11.4 Å². The Bertz CT molecular complexity index is 347. The first-order valence-corrected chi connectivity index (χ1v) is 4.97. The minimum atomic E-state index is -0.794. The molecule has 0 saturated heterocycles. The smallest absolute Gasteiger partial charge is 0.310 e. The third kappa shape index (κ3) is 2.52. The lowest BCUT2D eigenvalue weighted by Gasteiger charge is -2.22. The van der Waals surface area contributed by atoms with E-state index in [0.717, 1.165) is 11.4 Å². The van der Waals surface area contributed by atoms with Crippen molar-refractivity contribution in [1.29, 1.82) is 0 Å². The number of rotatable bonds is 4. The van der Waals surface area contributed by atoms with Crippen LogP contribution in [0.25, 0.3) is 0 Å². The molecule has 15 heavy (non-hydrogen) atoms. The number of carbonyl (C=O) groups is 1. The molecule has 0 aliphatic heterocycles.